The van der Waals surface area contributed by atoms with Crippen LogP contribution in [0.25, 0.3) is 0 Å². The lowest BCUT2D eigenvalue weighted by Gasteiger charge is -1.95. The van der Waals surface area contributed by atoms with Gasteiger partial charge in [-0.3, -0.25) is 0 Å². The van der Waals surface area contributed by atoms with Crippen molar-refractivity contribution < 1.29 is 4.39 Å². The van der Waals surface area contributed by atoms with Crippen LogP contribution in [0.1, 0.15) is 20.3 Å². The Hall–Kier alpha value is -0.590. The minimum Gasteiger partial charge on any atom is -0.207 e. The second kappa shape index (κ2) is 4.30. The molecule has 0 aliphatic rings. The van der Waals surface area contributed by atoms with Crippen molar-refractivity contribution in [1.82, 2.24) is 0 Å². The second-order valence-corrected chi connectivity index (χ2v) is 2.42. The fourth-order valence-electron chi connectivity index (χ4n) is 0.432. The van der Waals surface area contributed by atoms with Gasteiger partial charge in [-0.1, -0.05) is 20.4 Å². The normalized spacial score (nSPS) is 12.2. The number of hydrogen-bond donors (Lipinski definition) is 0. The molecule has 0 aromatic heterocycles. The smallest absolute Gasteiger partial charge is 0.118 e. The lowest BCUT2D eigenvalue weighted by molar-refractivity contribution is 0.622. The van der Waals surface area contributed by atoms with Gasteiger partial charge in [0.25, 0.3) is 0 Å². The molecule has 0 rings (SSSR count). The van der Waals surface area contributed by atoms with E-state index in [1.807, 2.05) is 13.8 Å². The summed E-state index contributed by atoms with van der Waals surface area (Å²) in [4.78, 5) is 0. The summed E-state index contributed by atoms with van der Waals surface area (Å²) in [5.41, 5.74) is 0. The molecule has 0 saturated heterocycles. The zero-order valence-electron chi connectivity index (χ0n) is 6.02. The van der Waals surface area contributed by atoms with Crippen LogP contribution in [0, 0.1) is 5.92 Å². The Labute approximate surface area is 56.1 Å². The van der Waals surface area contributed by atoms with Crippen LogP contribution in [0.4, 0.5) is 4.39 Å². The summed E-state index contributed by atoms with van der Waals surface area (Å²) in [6, 6.07) is 0. The molecule has 1 heteroatoms. The van der Waals surface area contributed by atoms with Crippen molar-refractivity contribution in [3.63, 3.8) is 0 Å². The molecular weight excluding hydrogens is 115 g/mol. The molecule has 0 radical (unpaired) electrons. The van der Waals surface area contributed by atoms with Gasteiger partial charge in [-0.15, -0.1) is 0 Å². The van der Waals surface area contributed by atoms with Crippen LogP contribution in [-0.4, -0.2) is 0 Å². The molecule has 9 heavy (non-hydrogen) atoms. The van der Waals surface area contributed by atoms with E-state index in [2.05, 4.69) is 6.58 Å². The highest BCUT2D eigenvalue weighted by atomic mass is 19.1. The zero-order valence-corrected chi connectivity index (χ0v) is 6.02. The van der Waals surface area contributed by atoms with Crippen molar-refractivity contribution in [3.05, 3.63) is 24.6 Å². The number of allylic oxidation sites excluding steroid dienone is 3. The minimum atomic E-state index is -0.219. The summed E-state index contributed by atoms with van der Waals surface area (Å²) in [6.07, 6.45) is 3.57. The van der Waals surface area contributed by atoms with Gasteiger partial charge in [0.15, 0.2) is 0 Å². The van der Waals surface area contributed by atoms with Gasteiger partial charge in [-0.25, -0.2) is 4.39 Å². The van der Waals surface area contributed by atoms with Crippen LogP contribution in [0.5, 0.6) is 0 Å². The predicted octanol–water partition coefficient (Wildman–Crippen LogP) is 3.07. The van der Waals surface area contributed by atoms with Gasteiger partial charge >= 0.3 is 0 Å². The molecular formula is C8H13F. The molecule has 0 spiro atoms. The van der Waals surface area contributed by atoms with E-state index < -0.39 is 0 Å². The van der Waals surface area contributed by atoms with Gasteiger partial charge in [0.1, 0.15) is 5.83 Å². The summed E-state index contributed by atoms with van der Waals surface area (Å²) >= 11 is 0. The average Bonchev–Trinajstić information content (AvgIpc) is 1.83. The van der Waals surface area contributed by atoms with Gasteiger partial charge in [0, 0.05) is 0 Å². The predicted molar refractivity (Wildman–Crippen MR) is 38.8 cm³/mol. The van der Waals surface area contributed by atoms with Gasteiger partial charge in [0.2, 0.25) is 0 Å². The first-order valence-corrected chi connectivity index (χ1v) is 3.15. The first-order valence-electron chi connectivity index (χ1n) is 3.15. The lowest BCUT2D eigenvalue weighted by Crippen LogP contribution is -1.81. The highest BCUT2D eigenvalue weighted by Crippen LogP contribution is 2.05. The van der Waals surface area contributed by atoms with E-state index in [1.54, 1.807) is 6.08 Å². The van der Waals surface area contributed by atoms with Crippen molar-refractivity contribution in [2.75, 3.05) is 0 Å². The molecule has 0 nitrogen and oxygen atoms in total. The molecule has 0 aromatic rings. The third-order valence-corrected chi connectivity index (χ3v) is 0.979. The Morgan fingerprint density at radius 3 is 2.56 bits per heavy atom. The topological polar surface area (TPSA) is 0 Å². The van der Waals surface area contributed by atoms with Crippen LogP contribution < -0.4 is 0 Å². The largest absolute Gasteiger partial charge is 0.207 e. The Kier molecular flexibility index (Phi) is 4.02. The van der Waals surface area contributed by atoms with E-state index in [-0.39, 0.29) is 5.83 Å². The maximum Gasteiger partial charge on any atom is 0.118 e. The first-order chi connectivity index (χ1) is 4.16. The van der Waals surface area contributed by atoms with Gasteiger partial charge in [0.05, 0.1) is 0 Å². The Balaban J connectivity index is 3.56. The molecule has 0 bridgehead atoms. The van der Waals surface area contributed by atoms with Gasteiger partial charge in [-0.05, 0) is 24.5 Å². The number of halogens is 1. The summed E-state index contributed by atoms with van der Waals surface area (Å²) in [6.45, 7) is 7.39. The van der Waals surface area contributed by atoms with E-state index in [0.717, 1.165) is 6.42 Å². The Morgan fingerprint density at radius 2 is 2.22 bits per heavy atom. The molecule has 0 heterocycles. The fraction of sp³-hybridized carbons (Fsp3) is 0.500. The van der Waals surface area contributed by atoms with E-state index in [0.29, 0.717) is 5.92 Å². The molecule has 0 aliphatic carbocycles. The highest BCUT2D eigenvalue weighted by molar-refractivity contribution is 5.06. The van der Waals surface area contributed by atoms with Crippen molar-refractivity contribution in [2.24, 2.45) is 5.92 Å². The van der Waals surface area contributed by atoms with Crippen LogP contribution in [-0.2, 0) is 0 Å². The monoisotopic (exact) mass is 128 g/mol. The van der Waals surface area contributed by atoms with Crippen LogP contribution in [0.3, 0.4) is 0 Å². The molecule has 0 unspecified atom stereocenters. The minimum absolute atomic E-state index is 0.219. The molecule has 0 aliphatic heterocycles. The van der Waals surface area contributed by atoms with Crippen LogP contribution in [0.15, 0.2) is 24.6 Å². The average molecular weight is 128 g/mol. The van der Waals surface area contributed by atoms with E-state index in [1.165, 1.54) is 6.08 Å². The second-order valence-electron chi connectivity index (χ2n) is 2.42. The van der Waals surface area contributed by atoms with Gasteiger partial charge in [-0.2, -0.15) is 0 Å². The quantitative estimate of drug-likeness (QED) is 0.512. The third kappa shape index (κ3) is 5.28. The molecule has 52 valence electrons. The van der Waals surface area contributed by atoms with E-state index >= 15 is 0 Å². The zero-order chi connectivity index (χ0) is 7.28. The summed E-state index contributed by atoms with van der Waals surface area (Å²) < 4.78 is 12.2. The number of hydrogen-bond acceptors (Lipinski definition) is 0. The van der Waals surface area contributed by atoms with E-state index in [4.69, 9.17) is 0 Å². The fourth-order valence-corrected chi connectivity index (χ4v) is 0.432. The molecule has 0 N–H and O–H groups in total. The highest BCUT2D eigenvalue weighted by Gasteiger charge is 1.89. The van der Waals surface area contributed by atoms with Crippen LogP contribution >= 0.6 is 0 Å². The lowest BCUT2D eigenvalue weighted by atomic mass is 10.1. The molecule has 0 aromatic carbocycles. The van der Waals surface area contributed by atoms with Crippen molar-refractivity contribution in [3.8, 4) is 0 Å². The van der Waals surface area contributed by atoms with E-state index in [9.17, 15) is 4.39 Å². The first kappa shape index (κ1) is 8.41. The molecule has 0 amide bonds. The standard InChI is InChI=1S/C8H13F/c1-4-8(9)6-5-7(2)3/h4,6-7H,1,5H2,2-3H3/b8-6+. The Morgan fingerprint density at radius 1 is 1.67 bits per heavy atom. The third-order valence-electron chi connectivity index (χ3n) is 0.979. The summed E-state index contributed by atoms with van der Waals surface area (Å²) in [7, 11) is 0. The maximum atomic E-state index is 12.2. The van der Waals surface area contributed by atoms with Crippen molar-refractivity contribution in [1.29, 1.82) is 0 Å². The van der Waals surface area contributed by atoms with Crippen molar-refractivity contribution >= 4 is 0 Å². The van der Waals surface area contributed by atoms with Gasteiger partial charge < -0.3 is 0 Å². The van der Waals surface area contributed by atoms with Crippen LogP contribution in [0.2, 0.25) is 0 Å². The van der Waals surface area contributed by atoms with Crippen molar-refractivity contribution in [2.45, 2.75) is 20.3 Å². The molecule has 0 saturated carbocycles. The Bertz CT molecular complexity index is 112. The SMILES string of the molecule is C=C/C(F)=C\CC(C)C. The molecule has 0 fully saturated rings. The number of rotatable bonds is 3. The summed E-state index contributed by atoms with van der Waals surface area (Å²) in [5, 5.41) is 0. The summed E-state index contributed by atoms with van der Waals surface area (Å²) in [5.74, 6) is 0.305. The molecule has 0 atom stereocenters. The maximum absolute atomic E-state index is 12.2.